The van der Waals surface area contributed by atoms with Crippen LogP contribution in [-0.2, 0) is 14.3 Å². The van der Waals surface area contributed by atoms with Crippen molar-refractivity contribution in [2.75, 3.05) is 6.61 Å². The number of rotatable bonds is 5. The van der Waals surface area contributed by atoms with E-state index in [-0.39, 0.29) is 12.2 Å². The second-order valence-electron chi connectivity index (χ2n) is 3.63. The molecule has 0 heterocycles. The number of halogens is 2. The van der Waals surface area contributed by atoms with Crippen molar-refractivity contribution < 1.29 is 14.3 Å². The summed E-state index contributed by atoms with van der Waals surface area (Å²) in [7, 11) is 0. The summed E-state index contributed by atoms with van der Waals surface area (Å²) in [6.07, 6.45) is 1.74. The molecule has 0 N–H and O–H groups in total. The van der Waals surface area contributed by atoms with Gasteiger partial charge in [-0.15, -0.1) is 0 Å². The fourth-order valence-electron chi connectivity index (χ4n) is 1.32. The Morgan fingerprint density at radius 2 is 1.89 bits per heavy atom. The number of ether oxygens (including phenoxy) is 1. The normalized spacial score (nSPS) is 11.0. The van der Waals surface area contributed by atoms with Gasteiger partial charge in [0.1, 0.15) is 0 Å². The van der Waals surface area contributed by atoms with Crippen LogP contribution in [-0.4, -0.2) is 22.4 Å². The number of carbonyl (C=O) groups is 2. The first-order valence-corrected chi connectivity index (χ1v) is 6.33. The van der Waals surface area contributed by atoms with Gasteiger partial charge >= 0.3 is 5.97 Å². The third kappa shape index (κ3) is 4.93. The summed E-state index contributed by atoms with van der Waals surface area (Å²) in [5.74, 6) is -1.30. The molecule has 0 radical (unpaired) electrons. The van der Waals surface area contributed by atoms with Crippen molar-refractivity contribution in [3.8, 4) is 0 Å². The van der Waals surface area contributed by atoms with Gasteiger partial charge in [0.05, 0.1) is 12.2 Å². The van der Waals surface area contributed by atoms with E-state index in [1.54, 1.807) is 30.3 Å². The zero-order valence-electron chi connectivity index (χ0n) is 10.3. The minimum atomic E-state index is -0.712. The second-order valence-corrected chi connectivity index (χ2v) is 4.48. The van der Waals surface area contributed by atoms with Crippen LogP contribution in [0.1, 0.15) is 18.9 Å². The smallest absolute Gasteiger partial charge is 0.338 e. The lowest BCUT2D eigenvalue weighted by molar-refractivity contribution is -0.136. The molecule has 0 bridgehead atoms. The van der Waals surface area contributed by atoms with E-state index in [1.165, 1.54) is 0 Å². The standard InChI is InChI=1S/C13H13Cl2NO3/c1-2-8-19-13(18)11(9-12(17)16(14)15)10-6-4-3-5-7-10/h3-7,9H,2,8H2,1H3/b11-9-. The van der Waals surface area contributed by atoms with E-state index in [1.807, 2.05) is 6.92 Å². The molecule has 0 unspecified atom stereocenters. The van der Waals surface area contributed by atoms with Crippen molar-refractivity contribution in [2.45, 2.75) is 13.3 Å². The highest BCUT2D eigenvalue weighted by atomic mass is 35.5. The van der Waals surface area contributed by atoms with Gasteiger partial charge in [-0.3, -0.25) is 4.79 Å². The summed E-state index contributed by atoms with van der Waals surface area (Å²) < 4.78 is 5.38. The van der Waals surface area contributed by atoms with Gasteiger partial charge in [-0.1, -0.05) is 37.3 Å². The molecule has 1 aromatic rings. The zero-order chi connectivity index (χ0) is 14.3. The predicted molar refractivity (Wildman–Crippen MR) is 74.2 cm³/mol. The Bertz CT molecular complexity index is 472. The SMILES string of the molecule is CCCOC(=O)/C(=C\C(=O)N(Cl)Cl)c1ccccc1. The molecule has 1 rings (SSSR count). The van der Waals surface area contributed by atoms with Crippen LogP contribution < -0.4 is 0 Å². The Hall–Kier alpha value is -1.52. The van der Waals surface area contributed by atoms with Crippen molar-refractivity contribution in [2.24, 2.45) is 0 Å². The molecule has 6 heteroatoms. The van der Waals surface area contributed by atoms with E-state index in [0.717, 1.165) is 6.08 Å². The van der Waals surface area contributed by atoms with E-state index in [2.05, 4.69) is 0 Å². The number of amides is 1. The largest absolute Gasteiger partial charge is 0.462 e. The first kappa shape index (κ1) is 15.5. The van der Waals surface area contributed by atoms with Crippen molar-refractivity contribution in [3.05, 3.63) is 42.0 Å². The molecule has 0 fully saturated rings. The number of benzene rings is 1. The summed E-state index contributed by atoms with van der Waals surface area (Å²) >= 11 is 10.6. The molecule has 1 aromatic carbocycles. The Morgan fingerprint density at radius 1 is 1.26 bits per heavy atom. The maximum atomic E-state index is 11.9. The molecular weight excluding hydrogens is 289 g/mol. The molecule has 0 saturated heterocycles. The molecule has 0 aliphatic heterocycles. The molecule has 4 nitrogen and oxygen atoms in total. The van der Waals surface area contributed by atoms with Crippen LogP contribution >= 0.6 is 23.6 Å². The van der Waals surface area contributed by atoms with Gasteiger partial charge in [-0.05, 0) is 12.0 Å². The minimum Gasteiger partial charge on any atom is -0.462 e. The molecule has 0 spiro atoms. The van der Waals surface area contributed by atoms with Crippen LogP contribution in [0.3, 0.4) is 0 Å². The average Bonchev–Trinajstić information content (AvgIpc) is 2.42. The van der Waals surface area contributed by atoms with E-state index in [9.17, 15) is 9.59 Å². The summed E-state index contributed by atoms with van der Waals surface area (Å²) in [6.45, 7) is 2.16. The highest BCUT2D eigenvalue weighted by Gasteiger charge is 2.17. The first-order chi connectivity index (χ1) is 9.06. The van der Waals surface area contributed by atoms with Crippen LogP contribution in [0.15, 0.2) is 36.4 Å². The second kappa shape index (κ2) is 7.81. The quantitative estimate of drug-likeness (QED) is 0.477. The fraction of sp³-hybridized carbons (Fsp3) is 0.231. The van der Waals surface area contributed by atoms with Gasteiger partial charge in [-0.25, -0.2) is 4.79 Å². The van der Waals surface area contributed by atoms with Gasteiger partial charge in [0, 0.05) is 29.6 Å². The molecule has 0 atom stereocenters. The van der Waals surface area contributed by atoms with E-state index >= 15 is 0 Å². The molecule has 102 valence electrons. The topological polar surface area (TPSA) is 46.6 Å². The summed E-state index contributed by atoms with van der Waals surface area (Å²) in [4.78, 5) is 23.4. The van der Waals surface area contributed by atoms with Crippen LogP contribution in [0.25, 0.3) is 5.57 Å². The molecule has 1 amide bonds. The lowest BCUT2D eigenvalue weighted by Gasteiger charge is -2.08. The van der Waals surface area contributed by atoms with Gasteiger partial charge in [0.25, 0.3) is 5.91 Å². The number of esters is 1. The van der Waals surface area contributed by atoms with Crippen molar-refractivity contribution >= 4 is 41.0 Å². The van der Waals surface area contributed by atoms with Gasteiger partial charge in [-0.2, -0.15) is 3.94 Å². The third-order valence-corrected chi connectivity index (χ3v) is 2.51. The Morgan fingerprint density at radius 3 is 2.42 bits per heavy atom. The summed E-state index contributed by atoms with van der Waals surface area (Å²) in [5, 5.41) is 0. The summed E-state index contributed by atoms with van der Waals surface area (Å²) in [5.41, 5.74) is 0.678. The van der Waals surface area contributed by atoms with Crippen LogP contribution in [0.4, 0.5) is 0 Å². The third-order valence-electron chi connectivity index (χ3n) is 2.18. The van der Waals surface area contributed by atoms with Gasteiger partial charge < -0.3 is 4.74 Å². The van der Waals surface area contributed by atoms with Crippen molar-refractivity contribution in [1.29, 1.82) is 0 Å². The van der Waals surface area contributed by atoms with E-state index in [4.69, 9.17) is 28.3 Å². The van der Waals surface area contributed by atoms with Crippen LogP contribution in [0, 0.1) is 0 Å². The maximum absolute atomic E-state index is 11.9. The lowest BCUT2D eigenvalue weighted by atomic mass is 10.1. The van der Waals surface area contributed by atoms with E-state index < -0.39 is 11.9 Å². The van der Waals surface area contributed by atoms with Crippen molar-refractivity contribution in [1.82, 2.24) is 3.94 Å². The lowest BCUT2D eigenvalue weighted by Crippen LogP contribution is -2.13. The van der Waals surface area contributed by atoms with Gasteiger partial charge in [0.2, 0.25) is 0 Å². The van der Waals surface area contributed by atoms with Crippen LogP contribution in [0.5, 0.6) is 0 Å². The Labute approximate surface area is 121 Å². The maximum Gasteiger partial charge on any atom is 0.338 e. The minimum absolute atomic E-state index is 0.116. The number of carbonyl (C=O) groups excluding carboxylic acids is 2. The Kier molecular flexibility index (Phi) is 6.39. The zero-order valence-corrected chi connectivity index (χ0v) is 11.8. The average molecular weight is 302 g/mol. The molecular formula is C13H13Cl2NO3. The molecule has 0 aromatic heterocycles. The molecule has 0 aliphatic rings. The molecule has 0 aliphatic carbocycles. The number of hydrogen-bond acceptors (Lipinski definition) is 3. The highest BCUT2D eigenvalue weighted by molar-refractivity contribution is 6.43. The fourth-order valence-corrected chi connectivity index (χ4v) is 1.42. The summed E-state index contributed by atoms with van der Waals surface area (Å²) in [6, 6.07) is 8.69. The Balaban J connectivity index is 3.05. The molecule has 19 heavy (non-hydrogen) atoms. The number of hydrogen-bond donors (Lipinski definition) is 0. The first-order valence-electron chi connectivity index (χ1n) is 5.66. The van der Waals surface area contributed by atoms with Gasteiger partial charge in [0.15, 0.2) is 0 Å². The monoisotopic (exact) mass is 301 g/mol. The van der Waals surface area contributed by atoms with Crippen molar-refractivity contribution in [3.63, 3.8) is 0 Å². The molecule has 0 saturated carbocycles. The van der Waals surface area contributed by atoms with Crippen LogP contribution in [0.2, 0.25) is 0 Å². The van der Waals surface area contributed by atoms with E-state index in [0.29, 0.717) is 15.9 Å². The predicted octanol–water partition coefficient (Wildman–Crippen LogP) is 3.16. The number of nitrogens with zero attached hydrogens (tertiary/aromatic N) is 1. The highest BCUT2D eigenvalue weighted by Crippen LogP contribution is 2.17.